The Morgan fingerprint density at radius 3 is 2.58 bits per heavy atom. The molecular weight excluding hydrogens is 476 g/mol. The van der Waals surface area contributed by atoms with Gasteiger partial charge in [-0.25, -0.2) is 4.98 Å². The fourth-order valence-electron chi connectivity index (χ4n) is 4.63. The van der Waals surface area contributed by atoms with Gasteiger partial charge in [-0.2, -0.15) is 0 Å². The van der Waals surface area contributed by atoms with Gasteiger partial charge >= 0.3 is 0 Å². The van der Waals surface area contributed by atoms with Gasteiger partial charge in [0.15, 0.2) is 5.78 Å². The lowest BCUT2D eigenvalue weighted by atomic mass is 10.0. The molecule has 0 atom stereocenters. The number of piperidine rings is 1. The molecule has 9 nitrogen and oxygen atoms in total. The molecule has 10 heteroatoms. The highest BCUT2D eigenvalue weighted by atomic mass is 32.1. The van der Waals surface area contributed by atoms with Gasteiger partial charge in [-0.15, -0.1) is 11.3 Å². The van der Waals surface area contributed by atoms with Crippen LogP contribution in [-0.4, -0.2) is 48.3 Å². The van der Waals surface area contributed by atoms with E-state index >= 15 is 0 Å². The van der Waals surface area contributed by atoms with E-state index in [9.17, 15) is 14.4 Å². The molecule has 4 rings (SSSR count). The minimum Gasteiger partial charge on any atom is -0.397 e. The summed E-state index contributed by atoms with van der Waals surface area (Å²) >= 11 is 1.37. The van der Waals surface area contributed by atoms with Gasteiger partial charge in [-0.1, -0.05) is 25.5 Å². The summed E-state index contributed by atoms with van der Waals surface area (Å²) in [4.78, 5) is 44.5. The minimum absolute atomic E-state index is 0.0338. The molecular formula is C26H32N6O3S. The zero-order chi connectivity index (χ0) is 25.8. The number of carbonyl (C=O) groups excluding carboxylic acids is 3. The van der Waals surface area contributed by atoms with E-state index in [4.69, 9.17) is 16.5 Å². The zero-order valence-electron chi connectivity index (χ0n) is 20.6. The van der Waals surface area contributed by atoms with Gasteiger partial charge in [0.2, 0.25) is 5.91 Å². The molecule has 36 heavy (non-hydrogen) atoms. The van der Waals surface area contributed by atoms with Crippen molar-refractivity contribution in [3.05, 3.63) is 46.3 Å². The van der Waals surface area contributed by atoms with E-state index in [1.165, 1.54) is 18.3 Å². The Labute approximate surface area is 214 Å². The van der Waals surface area contributed by atoms with E-state index < -0.39 is 5.91 Å². The predicted octanol–water partition coefficient (Wildman–Crippen LogP) is 3.33. The van der Waals surface area contributed by atoms with Crippen molar-refractivity contribution in [1.82, 2.24) is 10.3 Å². The van der Waals surface area contributed by atoms with Gasteiger partial charge in [0, 0.05) is 31.4 Å². The van der Waals surface area contributed by atoms with E-state index in [0.29, 0.717) is 16.3 Å². The van der Waals surface area contributed by atoms with Crippen LogP contribution in [0.3, 0.4) is 0 Å². The maximum Gasteiger partial charge on any atom is 0.250 e. The van der Waals surface area contributed by atoms with Crippen LogP contribution in [0.1, 0.15) is 58.7 Å². The number of thiophene rings is 1. The Kier molecular flexibility index (Phi) is 7.85. The number of aromatic nitrogens is 1. The number of Topliss-reactive ketones (excluding diaryl/α,β-unsaturated/α-hetero) is 1. The van der Waals surface area contributed by atoms with Crippen LogP contribution in [0.25, 0.3) is 10.2 Å². The van der Waals surface area contributed by atoms with E-state index in [1.807, 2.05) is 0 Å². The molecule has 1 fully saturated rings. The molecule has 0 saturated carbocycles. The number of anilines is 3. The summed E-state index contributed by atoms with van der Waals surface area (Å²) in [6, 6.07) is 9.00. The van der Waals surface area contributed by atoms with Crippen LogP contribution in [0.15, 0.2) is 30.3 Å². The first-order valence-corrected chi connectivity index (χ1v) is 13.0. The second kappa shape index (κ2) is 11.0. The van der Waals surface area contributed by atoms with Crippen LogP contribution < -0.4 is 27.0 Å². The average molecular weight is 509 g/mol. The van der Waals surface area contributed by atoms with Crippen LogP contribution in [-0.2, 0) is 11.2 Å². The molecule has 1 aliphatic heterocycles. The van der Waals surface area contributed by atoms with Gasteiger partial charge < -0.3 is 27.0 Å². The Balaban J connectivity index is 1.38. The summed E-state index contributed by atoms with van der Waals surface area (Å²) in [5.41, 5.74) is 14.1. The lowest BCUT2D eigenvalue weighted by Crippen LogP contribution is -2.45. The summed E-state index contributed by atoms with van der Waals surface area (Å²) < 4.78 is 0. The van der Waals surface area contributed by atoms with Crippen molar-refractivity contribution >= 4 is 56.3 Å². The monoisotopic (exact) mass is 508 g/mol. The van der Waals surface area contributed by atoms with Crippen LogP contribution in [0.4, 0.5) is 17.2 Å². The number of nitrogens with one attached hydrogen (secondary N) is 2. The molecule has 0 aliphatic carbocycles. The Morgan fingerprint density at radius 2 is 1.92 bits per heavy atom. The van der Waals surface area contributed by atoms with Gasteiger partial charge in [0.05, 0.1) is 28.4 Å². The number of rotatable bonds is 9. The van der Waals surface area contributed by atoms with Crippen molar-refractivity contribution in [2.75, 3.05) is 35.6 Å². The molecule has 2 aromatic heterocycles. The summed E-state index contributed by atoms with van der Waals surface area (Å²) in [6.45, 7) is 5.41. The van der Waals surface area contributed by atoms with Crippen molar-refractivity contribution in [3.63, 3.8) is 0 Å². The number of aryl methyl sites for hydroxylation is 1. The smallest absolute Gasteiger partial charge is 0.250 e. The number of nitrogen functional groups attached to an aromatic ring is 1. The molecule has 6 N–H and O–H groups in total. The predicted molar refractivity (Wildman–Crippen MR) is 145 cm³/mol. The summed E-state index contributed by atoms with van der Waals surface area (Å²) in [5, 5.41) is 6.99. The molecule has 1 aliphatic rings. The molecule has 3 heterocycles. The van der Waals surface area contributed by atoms with Crippen molar-refractivity contribution in [2.45, 2.75) is 45.6 Å². The highest BCUT2D eigenvalue weighted by Crippen LogP contribution is 2.38. The number of pyridine rings is 1. The number of nitrogens with zero attached hydrogens (tertiary/aromatic N) is 2. The molecule has 0 radical (unpaired) electrons. The maximum absolute atomic E-state index is 12.4. The molecule has 0 unspecified atom stereocenters. The number of hydrogen-bond acceptors (Lipinski definition) is 8. The van der Waals surface area contributed by atoms with Gasteiger partial charge in [-0.05, 0) is 43.0 Å². The van der Waals surface area contributed by atoms with E-state index in [1.54, 1.807) is 24.3 Å². The van der Waals surface area contributed by atoms with Crippen LogP contribution >= 0.6 is 11.3 Å². The van der Waals surface area contributed by atoms with Crippen molar-refractivity contribution < 1.29 is 14.4 Å². The molecule has 3 aromatic rings. The largest absolute Gasteiger partial charge is 0.397 e. The number of fused-ring (bicyclic) bond motifs is 1. The fourth-order valence-corrected chi connectivity index (χ4v) is 5.66. The lowest BCUT2D eigenvalue weighted by Gasteiger charge is -2.33. The number of amides is 2. The Bertz CT molecular complexity index is 1300. The highest BCUT2D eigenvalue weighted by Gasteiger charge is 2.24. The van der Waals surface area contributed by atoms with E-state index in [2.05, 4.69) is 28.5 Å². The molecule has 2 amide bonds. The first-order chi connectivity index (χ1) is 17.3. The minimum atomic E-state index is -0.581. The van der Waals surface area contributed by atoms with Crippen LogP contribution in [0, 0.1) is 0 Å². The number of ketones is 1. The second-order valence-electron chi connectivity index (χ2n) is 9.07. The third-order valence-electron chi connectivity index (χ3n) is 6.44. The first-order valence-electron chi connectivity index (χ1n) is 12.2. The zero-order valence-corrected chi connectivity index (χ0v) is 21.4. The standard InChI is InChI=1S/C26H32N6O3S/c1-3-6-16-13-20(31-26-22(16)23(27)24(36-26)15(2)33)32-11-9-17(10-12-32)29-14-21(34)30-19-8-5-4-7-18(19)25(28)35/h4-5,7-8,13,17,29H,3,6,9-12,14,27H2,1-2H3,(H2,28,35)(H,30,34). The molecule has 0 spiro atoms. The van der Waals surface area contributed by atoms with Gasteiger partial charge in [0.1, 0.15) is 10.6 Å². The molecule has 190 valence electrons. The third kappa shape index (κ3) is 5.50. The van der Waals surface area contributed by atoms with Crippen LogP contribution in [0.5, 0.6) is 0 Å². The average Bonchev–Trinajstić information content (AvgIpc) is 3.20. The fraction of sp³-hybridized carbons (Fsp3) is 0.385. The number of benzene rings is 1. The number of nitrogens with two attached hydrogens (primary N) is 2. The Morgan fingerprint density at radius 1 is 1.19 bits per heavy atom. The van der Waals surface area contributed by atoms with Crippen molar-refractivity contribution in [3.8, 4) is 0 Å². The highest BCUT2D eigenvalue weighted by molar-refractivity contribution is 7.21. The number of para-hydroxylation sites is 1. The Hall–Kier alpha value is -3.50. The number of hydrogen-bond donors (Lipinski definition) is 4. The van der Waals surface area contributed by atoms with Gasteiger partial charge in [0.25, 0.3) is 5.91 Å². The quantitative estimate of drug-likeness (QED) is 0.325. The van der Waals surface area contributed by atoms with Gasteiger partial charge in [-0.3, -0.25) is 14.4 Å². The third-order valence-corrected chi connectivity index (χ3v) is 7.64. The second-order valence-corrected chi connectivity index (χ2v) is 10.1. The topological polar surface area (TPSA) is 143 Å². The lowest BCUT2D eigenvalue weighted by molar-refractivity contribution is -0.115. The van der Waals surface area contributed by atoms with Crippen LogP contribution in [0.2, 0.25) is 0 Å². The summed E-state index contributed by atoms with van der Waals surface area (Å²) in [7, 11) is 0. The van der Waals surface area contributed by atoms with Crippen molar-refractivity contribution in [2.24, 2.45) is 5.73 Å². The number of carbonyl (C=O) groups is 3. The summed E-state index contributed by atoms with van der Waals surface area (Å²) in [6.07, 6.45) is 3.57. The van der Waals surface area contributed by atoms with E-state index in [-0.39, 0.29) is 29.8 Å². The first kappa shape index (κ1) is 25.6. The maximum atomic E-state index is 12.4. The summed E-state index contributed by atoms with van der Waals surface area (Å²) in [5.74, 6) is 0.0667. The number of primary amides is 1. The normalized spacial score (nSPS) is 14.2. The molecule has 1 aromatic carbocycles. The molecule has 1 saturated heterocycles. The molecule has 0 bridgehead atoms. The SMILES string of the molecule is CCCc1cc(N2CCC(NCC(=O)Nc3ccccc3C(N)=O)CC2)nc2sc(C(C)=O)c(N)c12. The van der Waals surface area contributed by atoms with Crippen molar-refractivity contribution in [1.29, 1.82) is 0 Å². The van der Waals surface area contributed by atoms with E-state index in [0.717, 1.165) is 60.4 Å².